The van der Waals surface area contributed by atoms with Crippen molar-refractivity contribution in [1.29, 1.82) is 0 Å². The van der Waals surface area contributed by atoms with Crippen LogP contribution in [0.1, 0.15) is 23.2 Å². The molecule has 1 aromatic carbocycles. The zero-order valence-corrected chi connectivity index (χ0v) is 12.2. The van der Waals surface area contributed by atoms with Crippen LogP contribution in [-0.2, 0) is 0 Å². The lowest BCUT2D eigenvalue weighted by molar-refractivity contribution is -0.384. The van der Waals surface area contributed by atoms with E-state index >= 15 is 0 Å². The highest BCUT2D eigenvalue weighted by molar-refractivity contribution is 5.95. The Kier molecular flexibility index (Phi) is 4.42. The van der Waals surface area contributed by atoms with Gasteiger partial charge in [-0.25, -0.2) is 0 Å². The van der Waals surface area contributed by atoms with E-state index in [2.05, 4.69) is 0 Å². The molecule has 1 fully saturated rings. The monoisotopic (exact) mass is 293 g/mol. The fourth-order valence-electron chi connectivity index (χ4n) is 2.50. The molecule has 1 aliphatic heterocycles. The summed E-state index contributed by atoms with van der Waals surface area (Å²) in [5.41, 5.74) is 0.756. The molecule has 1 amide bonds. The zero-order valence-electron chi connectivity index (χ0n) is 12.2. The number of hydrogen-bond acceptors (Lipinski definition) is 5. The van der Waals surface area contributed by atoms with Crippen LogP contribution in [0.2, 0.25) is 0 Å². The second kappa shape index (κ2) is 6.09. The number of carbonyl (C=O) groups is 1. The molecule has 1 aliphatic rings. The van der Waals surface area contributed by atoms with Gasteiger partial charge in [-0.05, 0) is 25.0 Å². The van der Waals surface area contributed by atoms with Crippen LogP contribution >= 0.6 is 0 Å². The summed E-state index contributed by atoms with van der Waals surface area (Å²) in [5.74, 6) is -0.205. The van der Waals surface area contributed by atoms with Gasteiger partial charge in [0.2, 0.25) is 0 Å². The molecule has 114 valence electrons. The Labute approximate surface area is 122 Å². The maximum absolute atomic E-state index is 12.0. The third kappa shape index (κ3) is 3.30. The molecular formula is C14H19N3O4. The Morgan fingerprint density at radius 2 is 2.19 bits per heavy atom. The van der Waals surface area contributed by atoms with E-state index in [1.54, 1.807) is 25.1 Å². The topological polar surface area (TPSA) is 86.9 Å². The molecule has 1 atom stereocenters. The molecule has 0 bridgehead atoms. The number of carbonyl (C=O) groups excluding carboxylic acids is 1. The first-order chi connectivity index (χ1) is 9.90. The van der Waals surface area contributed by atoms with Gasteiger partial charge in [-0.1, -0.05) is 0 Å². The summed E-state index contributed by atoms with van der Waals surface area (Å²) in [4.78, 5) is 25.9. The Bertz CT molecular complexity index is 559. The molecule has 2 rings (SSSR count). The van der Waals surface area contributed by atoms with E-state index < -0.39 is 11.0 Å². The van der Waals surface area contributed by atoms with Crippen molar-refractivity contribution in [3.05, 3.63) is 33.9 Å². The van der Waals surface area contributed by atoms with Crippen molar-refractivity contribution in [2.24, 2.45) is 0 Å². The van der Waals surface area contributed by atoms with E-state index in [9.17, 15) is 20.0 Å². The van der Waals surface area contributed by atoms with E-state index in [1.165, 1.54) is 17.0 Å². The number of nitrogens with zero attached hydrogens (tertiary/aromatic N) is 3. The predicted molar refractivity (Wildman–Crippen MR) is 78.6 cm³/mol. The number of amides is 1. The summed E-state index contributed by atoms with van der Waals surface area (Å²) >= 11 is 0. The van der Waals surface area contributed by atoms with Gasteiger partial charge in [0, 0.05) is 38.8 Å². The minimum atomic E-state index is -0.494. The maximum Gasteiger partial charge on any atom is 0.292 e. The highest BCUT2D eigenvalue weighted by Crippen LogP contribution is 2.31. The van der Waals surface area contributed by atoms with Gasteiger partial charge in [-0.2, -0.15) is 0 Å². The largest absolute Gasteiger partial charge is 0.391 e. The lowest BCUT2D eigenvalue weighted by atomic mass is 10.1. The molecule has 0 saturated carbocycles. The minimum absolute atomic E-state index is 0.0422. The number of aliphatic hydroxyl groups is 1. The molecule has 1 aromatic rings. The second-order valence-electron chi connectivity index (χ2n) is 5.40. The molecular weight excluding hydrogens is 274 g/mol. The molecule has 0 radical (unpaired) electrons. The number of β-amino-alcohol motifs (C(OH)–C–C–N with tert-alkyl or cyclic N) is 1. The average Bonchev–Trinajstić information content (AvgIpc) is 2.45. The van der Waals surface area contributed by atoms with Gasteiger partial charge in [-0.15, -0.1) is 0 Å². The summed E-state index contributed by atoms with van der Waals surface area (Å²) in [6.45, 7) is 0.984. The lowest BCUT2D eigenvalue weighted by Gasteiger charge is -2.31. The van der Waals surface area contributed by atoms with Gasteiger partial charge in [0.05, 0.1) is 11.0 Å². The maximum atomic E-state index is 12.0. The fourth-order valence-corrected chi connectivity index (χ4v) is 2.50. The van der Waals surface area contributed by atoms with Gasteiger partial charge in [0.1, 0.15) is 5.69 Å². The normalized spacial score (nSPS) is 18.4. The van der Waals surface area contributed by atoms with Crippen molar-refractivity contribution in [3.8, 4) is 0 Å². The van der Waals surface area contributed by atoms with E-state index in [0.717, 1.165) is 6.42 Å². The Hall–Kier alpha value is -2.15. The van der Waals surface area contributed by atoms with Gasteiger partial charge >= 0.3 is 0 Å². The standard InChI is InChI=1S/C14H19N3O4/c1-15(2)14(19)10-5-6-12(17(20)21)13(8-10)16-7-3-4-11(18)9-16/h5-6,8,11,18H,3-4,7,9H2,1-2H3. The number of aliphatic hydroxyl groups excluding tert-OH is 1. The molecule has 7 nitrogen and oxygen atoms in total. The van der Waals surface area contributed by atoms with Crippen LogP contribution in [-0.4, -0.2) is 54.1 Å². The van der Waals surface area contributed by atoms with Gasteiger partial charge in [0.25, 0.3) is 11.6 Å². The summed E-state index contributed by atoms with van der Waals surface area (Å²) < 4.78 is 0. The van der Waals surface area contributed by atoms with Gasteiger partial charge in [0.15, 0.2) is 0 Å². The quantitative estimate of drug-likeness (QED) is 0.669. The lowest BCUT2D eigenvalue weighted by Crippen LogP contribution is -2.38. The van der Waals surface area contributed by atoms with Crippen LogP contribution in [0.4, 0.5) is 11.4 Å². The number of rotatable bonds is 3. The minimum Gasteiger partial charge on any atom is -0.391 e. The number of nitro benzene ring substituents is 1. The number of anilines is 1. The van der Waals surface area contributed by atoms with Crippen LogP contribution in [0.25, 0.3) is 0 Å². The van der Waals surface area contributed by atoms with Crippen molar-refractivity contribution in [2.45, 2.75) is 18.9 Å². The third-order valence-corrected chi connectivity index (χ3v) is 3.56. The SMILES string of the molecule is CN(C)C(=O)c1ccc([N+](=O)[O-])c(N2CCCC(O)C2)c1. The first-order valence-electron chi connectivity index (χ1n) is 6.83. The molecule has 0 spiro atoms. The van der Waals surface area contributed by atoms with Crippen LogP contribution in [0.5, 0.6) is 0 Å². The van der Waals surface area contributed by atoms with Crippen LogP contribution < -0.4 is 4.90 Å². The Balaban J connectivity index is 2.42. The van der Waals surface area contributed by atoms with Crippen molar-refractivity contribution in [1.82, 2.24) is 4.90 Å². The summed E-state index contributed by atoms with van der Waals surface area (Å²) in [7, 11) is 3.27. The first-order valence-corrected chi connectivity index (χ1v) is 6.83. The first kappa shape index (κ1) is 15.2. The van der Waals surface area contributed by atoms with Gasteiger partial charge < -0.3 is 14.9 Å². The number of hydrogen-bond donors (Lipinski definition) is 1. The number of piperidine rings is 1. The molecule has 0 aliphatic carbocycles. The van der Waals surface area contributed by atoms with Gasteiger partial charge in [-0.3, -0.25) is 14.9 Å². The van der Waals surface area contributed by atoms with E-state index in [-0.39, 0.29) is 11.6 Å². The van der Waals surface area contributed by atoms with E-state index in [0.29, 0.717) is 30.8 Å². The molecule has 1 saturated heterocycles. The highest BCUT2D eigenvalue weighted by atomic mass is 16.6. The van der Waals surface area contributed by atoms with E-state index in [4.69, 9.17) is 0 Å². The number of nitro groups is 1. The van der Waals surface area contributed by atoms with Crippen LogP contribution in [0.15, 0.2) is 18.2 Å². The fraction of sp³-hybridized carbons (Fsp3) is 0.500. The Morgan fingerprint density at radius 1 is 1.48 bits per heavy atom. The van der Waals surface area contributed by atoms with E-state index in [1.807, 2.05) is 0 Å². The van der Waals surface area contributed by atoms with Crippen molar-refractivity contribution in [2.75, 3.05) is 32.1 Å². The summed E-state index contributed by atoms with van der Waals surface area (Å²) in [5, 5.41) is 20.9. The van der Waals surface area contributed by atoms with Crippen molar-refractivity contribution >= 4 is 17.3 Å². The smallest absolute Gasteiger partial charge is 0.292 e. The molecule has 1 unspecified atom stereocenters. The Morgan fingerprint density at radius 3 is 2.76 bits per heavy atom. The highest BCUT2D eigenvalue weighted by Gasteiger charge is 2.26. The molecule has 21 heavy (non-hydrogen) atoms. The second-order valence-corrected chi connectivity index (χ2v) is 5.40. The molecule has 0 aromatic heterocycles. The van der Waals surface area contributed by atoms with Crippen molar-refractivity contribution < 1.29 is 14.8 Å². The molecule has 1 heterocycles. The predicted octanol–water partition coefficient (Wildman–Crippen LogP) is 1.26. The number of benzene rings is 1. The van der Waals surface area contributed by atoms with Crippen LogP contribution in [0.3, 0.4) is 0 Å². The average molecular weight is 293 g/mol. The zero-order chi connectivity index (χ0) is 15.6. The van der Waals surface area contributed by atoms with Crippen molar-refractivity contribution in [3.63, 3.8) is 0 Å². The molecule has 7 heteroatoms. The third-order valence-electron chi connectivity index (χ3n) is 3.56. The summed E-state index contributed by atoms with van der Waals surface area (Å²) in [6, 6.07) is 4.36. The van der Waals surface area contributed by atoms with Crippen LogP contribution in [0, 0.1) is 10.1 Å². The summed E-state index contributed by atoms with van der Waals surface area (Å²) in [6.07, 6.45) is 0.969. The molecule has 1 N–H and O–H groups in total.